The molecule has 0 bridgehead atoms. The molecule has 25 heavy (non-hydrogen) atoms. The predicted octanol–water partition coefficient (Wildman–Crippen LogP) is 3.40. The van der Waals surface area contributed by atoms with E-state index in [-0.39, 0.29) is 6.09 Å². The summed E-state index contributed by atoms with van der Waals surface area (Å²) in [4.78, 5) is 21.0. The number of hydrogen-bond acceptors (Lipinski definition) is 4. The van der Waals surface area contributed by atoms with Crippen LogP contribution in [0.2, 0.25) is 0 Å². The van der Waals surface area contributed by atoms with Crippen molar-refractivity contribution in [3.63, 3.8) is 0 Å². The Morgan fingerprint density at radius 2 is 2.08 bits per heavy atom. The smallest absolute Gasteiger partial charge is 0.409 e. The molecule has 6 nitrogen and oxygen atoms in total. The van der Waals surface area contributed by atoms with Gasteiger partial charge in [-0.05, 0) is 40.4 Å². The predicted molar refractivity (Wildman–Crippen MR) is 101 cm³/mol. The molecule has 2 aromatic rings. The van der Waals surface area contributed by atoms with Gasteiger partial charge in [0.25, 0.3) is 0 Å². The van der Waals surface area contributed by atoms with Gasteiger partial charge in [0.05, 0.1) is 12.3 Å². The van der Waals surface area contributed by atoms with E-state index in [0.29, 0.717) is 19.1 Å². The summed E-state index contributed by atoms with van der Waals surface area (Å²) in [5, 5.41) is 0. The lowest BCUT2D eigenvalue weighted by atomic mass is 10.2. The van der Waals surface area contributed by atoms with Crippen LogP contribution in [-0.2, 0) is 11.3 Å². The maximum atomic E-state index is 12.1. The maximum absolute atomic E-state index is 12.1. The highest BCUT2D eigenvalue weighted by Gasteiger charge is 2.21. The number of nitrogens with zero attached hydrogens (tertiary/aromatic N) is 4. The number of aromatic nitrogens is 2. The third kappa shape index (κ3) is 4.95. The molecule has 7 heteroatoms. The number of ether oxygens (including phenoxy) is 1. The van der Waals surface area contributed by atoms with Crippen molar-refractivity contribution in [3.8, 4) is 0 Å². The topological polar surface area (TPSA) is 50.1 Å². The van der Waals surface area contributed by atoms with E-state index in [9.17, 15) is 4.79 Å². The Morgan fingerprint density at radius 3 is 2.88 bits per heavy atom. The van der Waals surface area contributed by atoms with Crippen LogP contribution in [0.5, 0.6) is 0 Å². The highest BCUT2D eigenvalue weighted by atomic mass is 79.9. The minimum absolute atomic E-state index is 0.187. The lowest BCUT2D eigenvalue weighted by Crippen LogP contribution is -2.36. The molecule has 1 fully saturated rings. The molecule has 1 aliphatic rings. The highest BCUT2D eigenvalue weighted by molar-refractivity contribution is 9.10. The van der Waals surface area contributed by atoms with Gasteiger partial charge in [0.2, 0.25) is 0 Å². The summed E-state index contributed by atoms with van der Waals surface area (Å²) in [6.07, 6.45) is 4.85. The molecule has 136 valence electrons. The molecule has 1 amide bonds. The average molecular weight is 409 g/mol. The number of carbonyl (C=O) groups excluding carboxylic acids is 1. The lowest BCUT2D eigenvalue weighted by molar-refractivity contribution is 0.0930. The van der Waals surface area contributed by atoms with Crippen LogP contribution in [0.1, 0.15) is 26.0 Å². The number of amides is 1. The fourth-order valence-electron chi connectivity index (χ4n) is 2.96. The van der Waals surface area contributed by atoms with E-state index in [1.54, 1.807) is 0 Å². The Labute approximate surface area is 156 Å². The summed E-state index contributed by atoms with van der Waals surface area (Å²) in [5.74, 6) is 0.363. The second-order valence-corrected chi connectivity index (χ2v) is 7.85. The number of imidazole rings is 1. The van der Waals surface area contributed by atoms with Gasteiger partial charge in [-0.2, -0.15) is 0 Å². The molecule has 3 rings (SSSR count). The molecular weight excluding hydrogens is 384 g/mol. The first-order valence-electron chi connectivity index (χ1n) is 8.78. The van der Waals surface area contributed by atoms with Gasteiger partial charge in [-0.25, -0.2) is 9.78 Å². The Kier molecular flexibility index (Phi) is 5.96. The highest BCUT2D eigenvalue weighted by Crippen LogP contribution is 2.14. The first kappa shape index (κ1) is 18.2. The Balaban J connectivity index is 1.56. The van der Waals surface area contributed by atoms with Crippen LogP contribution < -0.4 is 0 Å². The van der Waals surface area contributed by atoms with Crippen molar-refractivity contribution >= 4 is 27.7 Å². The fourth-order valence-corrected chi connectivity index (χ4v) is 3.32. The number of carbonyl (C=O) groups is 1. The number of rotatable bonds is 4. The molecule has 0 aliphatic carbocycles. The van der Waals surface area contributed by atoms with E-state index in [1.165, 1.54) is 0 Å². The molecule has 0 spiro atoms. The van der Waals surface area contributed by atoms with Crippen molar-refractivity contribution in [2.24, 2.45) is 5.92 Å². The van der Waals surface area contributed by atoms with Gasteiger partial charge in [-0.3, -0.25) is 4.90 Å². The van der Waals surface area contributed by atoms with Crippen molar-refractivity contribution in [1.29, 1.82) is 0 Å². The fraction of sp³-hybridized carbons (Fsp3) is 0.556. The third-order valence-electron chi connectivity index (χ3n) is 4.24. The first-order chi connectivity index (χ1) is 12.0. The average Bonchev–Trinajstić information content (AvgIpc) is 2.80. The summed E-state index contributed by atoms with van der Waals surface area (Å²) < 4.78 is 8.42. The molecular formula is C18H25BrN4O2. The van der Waals surface area contributed by atoms with Crippen LogP contribution in [0.3, 0.4) is 0 Å². The molecule has 0 radical (unpaired) electrons. The van der Waals surface area contributed by atoms with Gasteiger partial charge in [0, 0.05) is 49.6 Å². The van der Waals surface area contributed by atoms with Crippen LogP contribution in [0.25, 0.3) is 5.65 Å². The first-order valence-corrected chi connectivity index (χ1v) is 9.58. The third-order valence-corrected chi connectivity index (χ3v) is 4.71. The summed E-state index contributed by atoms with van der Waals surface area (Å²) >= 11 is 3.48. The number of halogens is 1. The van der Waals surface area contributed by atoms with E-state index in [4.69, 9.17) is 4.74 Å². The Morgan fingerprint density at radius 1 is 1.24 bits per heavy atom. The van der Waals surface area contributed by atoms with Gasteiger partial charge in [0.15, 0.2) is 0 Å². The van der Waals surface area contributed by atoms with Crippen LogP contribution >= 0.6 is 15.9 Å². The quantitative estimate of drug-likeness (QED) is 0.777. The van der Waals surface area contributed by atoms with E-state index >= 15 is 0 Å². The van der Waals surface area contributed by atoms with Gasteiger partial charge in [-0.1, -0.05) is 13.8 Å². The van der Waals surface area contributed by atoms with E-state index < -0.39 is 0 Å². The number of fused-ring (bicyclic) bond motifs is 1. The van der Waals surface area contributed by atoms with Crippen molar-refractivity contribution in [2.75, 3.05) is 32.8 Å². The Hall–Kier alpha value is -1.60. The van der Waals surface area contributed by atoms with Crippen molar-refractivity contribution < 1.29 is 9.53 Å². The molecule has 2 aromatic heterocycles. The molecule has 0 unspecified atom stereocenters. The number of pyridine rings is 1. The standard InChI is InChI=1S/C18H25BrN4O2/c1-14(2)13-25-18(24)22-7-3-6-21(8-9-22)11-16-12-23-10-15(19)4-5-17(23)20-16/h4-5,10,12,14H,3,6-9,11,13H2,1-2H3. The van der Waals surface area contributed by atoms with Gasteiger partial charge in [-0.15, -0.1) is 0 Å². The van der Waals surface area contributed by atoms with Crippen LogP contribution in [-0.4, -0.2) is 58.1 Å². The van der Waals surface area contributed by atoms with E-state index in [1.807, 2.05) is 41.5 Å². The minimum atomic E-state index is -0.187. The summed E-state index contributed by atoms with van der Waals surface area (Å²) in [6.45, 7) is 8.64. The second kappa shape index (κ2) is 8.19. The monoisotopic (exact) mass is 408 g/mol. The molecule has 1 saturated heterocycles. The molecule has 3 heterocycles. The number of hydrogen-bond donors (Lipinski definition) is 0. The second-order valence-electron chi connectivity index (χ2n) is 6.93. The van der Waals surface area contributed by atoms with Crippen LogP contribution in [0, 0.1) is 5.92 Å². The largest absolute Gasteiger partial charge is 0.449 e. The molecule has 0 atom stereocenters. The molecule has 1 aliphatic heterocycles. The van der Waals surface area contributed by atoms with Crippen molar-refractivity contribution in [2.45, 2.75) is 26.8 Å². The molecule has 0 N–H and O–H groups in total. The summed E-state index contributed by atoms with van der Waals surface area (Å²) in [5.41, 5.74) is 2.00. The molecule has 0 saturated carbocycles. The summed E-state index contributed by atoms with van der Waals surface area (Å²) in [7, 11) is 0. The van der Waals surface area contributed by atoms with Gasteiger partial charge in [0.1, 0.15) is 5.65 Å². The van der Waals surface area contributed by atoms with Crippen LogP contribution in [0.15, 0.2) is 29.0 Å². The van der Waals surface area contributed by atoms with E-state index in [2.05, 4.69) is 32.0 Å². The zero-order chi connectivity index (χ0) is 17.8. The zero-order valence-corrected chi connectivity index (χ0v) is 16.4. The van der Waals surface area contributed by atoms with E-state index in [0.717, 1.165) is 48.4 Å². The van der Waals surface area contributed by atoms with Gasteiger partial charge >= 0.3 is 6.09 Å². The van der Waals surface area contributed by atoms with Gasteiger partial charge < -0.3 is 14.0 Å². The van der Waals surface area contributed by atoms with Crippen LogP contribution in [0.4, 0.5) is 4.79 Å². The van der Waals surface area contributed by atoms with Crippen molar-refractivity contribution in [1.82, 2.24) is 19.2 Å². The minimum Gasteiger partial charge on any atom is -0.449 e. The lowest BCUT2D eigenvalue weighted by Gasteiger charge is -2.21. The maximum Gasteiger partial charge on any atom is 0.409 e. The Bertz CT molecular complexity index is 731. The summed E-state index contributed by atoms with van der Waals surface area (Å²) in [6, 6.07) is 4.00. The molecule has 0 aromatic carbocycles. The SMILES string of the molecule is CC(C)COC(=O)N1CCCN(Cc2cn3cc(Br)ccc3n2)CC1. The van der Waals surface area contributed by atoms with Crippen molar-refractivity contribution in [3.05, 3.63) is 34.7 Å². The normalized spacial score (nSPS) is 16.4. The zero-order valence-electron chi connectivity index (χ0n) is 14.8.